The molecule has 1 saturated carbocycles. The van der Waals surface area contributed by atoms with E-state index in [2.05, 4.69) is 42.7 Å². The van der Waals surface area contributed by atoms with E-state index in [0.29, 0.717) is 19.3 Å². The number of aliphatic hydroxyl groups is 3. The molecule has 0 aromatic rings. The molecule has 7 N–H and O–H groups in total. The number of phosphoric acid groups is 1. The highest BCUT2D eigenvalue weighted by atomic mass is 31.2. The number of allylic oxidation sites excluding steroid dienone is 5. The standard InChI is InChI=1S/C44H76NO13P/c1-3-5-7-8-9-10-11-12-13-14-15-16-17-18-19-20-22-28-43(50)58-36(33-56-59(53,54)57-34-39(45)44(51)52)32-55-42(49)27-24-23-26-37-38(41(48)31-40(37)47)30-29-35(46)25-21-6-4-2/h9-10,12-13,23-24,29-30,35-41,46-48H,3-8,11,14-22,25-28,31-34,45H2,1-2H3,(H,51,52)(H,53,54)/b10-9-,13-12-,24-23-,30-29+/t35-,36-,37+,38-,39+,40+,41-/m1/s1. The van der Waals surface area contributed by atoms with Crippen LogP contribution in [0.2, 0.25) is 0 Å². The summed E-state index contributed by atoms with van der Waals surface area (Å²) in [5, 5.41) is 40.2. The number of hydrogen-bond acceptors (Lipinski definition) is 12. The van der Waals surface area contributed by atoms with Gasteiger partial charge in [0.15, 0.2) is 6.10 Å². The van der Waals surface area contributed by atoms with E-state index >= 15 is 0 Å². The maximum atomic E-state index is 12.7. The Hall–Kier alpha value is -2.68. The Morgan fingerprint density at radius 2 is 1.37 bits per heavy atom. The number of hydrogen-bond donors (Lipinski definition) is 6. The quantitative estimate of drug-likeness (QED) is 0.0153. The first-order valence-electron chi connectivity index (χ1n) is 21.9. The molecule has 0 amide bonds. The molecule has 0 spiro atoms. The van der Waals surface area contributed by atoms with Gasteiger partial charge in [0.2, 0.25) is 0 Å². The third-order valence-electron chi connectivity index (χ3n) is 10.2. The number of carboxylic acids is 1. The number of carbonyl (C=O) groups is 3. The van der Waals surface area contributed by atoms with Gasteiger partial charge in [0.05, 0.1) is 37.9 Å². The third kappa shape index (κ3) is 28.5. The van der Waals surface area contributed by atoms with Crippen LogP contribution >= 0.6 is 7.82 Å². The van der Waals surface area contributed by atoms with Gasteiger partial charge in [-0.05, 0) is 57.3 Å². The predicted molar refractivity (Wildman–Crippen MR) is 228 cm³/mol. The lowest BCUT2D eigenvalue weighted by atomic mass is 9.89. The molecule has 0 aromatic carbocycles. The molecule has 0 aliphatic heterocycles. The summed E-state index contributed by atoms with van der Waals surface area (Å²) in [6.07, 6.45) is 30.2. The molecule has 1 aliphatic rings. The fourth-order valence-corrected chi connectivity index (χ4v) is 7.37. The average Bonchev–Trinajstić information content (AvgIpc) is 3.47. The summed E-state index contributed by atoms with van der Waals surface area (Å²) < 4.78 is 32.6. The SMILES string of the molecule is CCCCC/C=C\C/C=C\CCCCCCCCCC(=O)O[C@H](COC(=O)C/C=C\C[C@H]1[C@@H](/C=C/[C@H](O)CCCCC)[C@H](O)C[C@@H]1O)COP(=O)(O)OC[C@H](N)C(=O)O. The van der Waals surface area contributed by atoms with Gasteiger partial charge in [0.1, 0.15) is 12.6 Å². The van der Waals surface area contributed by atoms with Gasteiger partial charge in [-0.2, -0.15) is 0 Å². The molecular formula is C44H76NO13P. The maximum Gasteiger partial charge on any atom is 0.472 e. The summed E-state index contributed by atoms with van der Waals surface area (Å²) in [5.74, 6) is -3.40. The Balaban J connectivity index is 2.54. The van der Waals surface area contributed by atoms with E-state index < -0.39 is 76.0 Å². The van der Waals surface area contributed by atoms with E-state index in [-0.39, 0.29) is 31.1 Å². The summed E-state index contributed by atoms with van der Waals surface area (Å²) in [5.41, 5.74) is 5.33. The van der Waals surface area contributed by atoms with Crippen molar-refractivity contribution in [3.8, 4) is 0 Å². The Morgan fingerprint density at radius 3 is 2.03 bits per heavy atom. The molecule has 0 bridgehead atoms. The van der Waals surface area contributed by atoms with Crippen molar-refractivity contribution in [2.24, 2.45) is 17.6 Å². The van der Waals surface area contributed by atoms with E-state index in [9.17, 15) is 39.2 Å². The molecule has 0 aromatic heterocycles. The molecule has 15 heteroatoms. The van der Waals surface area contributed by atoms with E-state index in [1.165, 1.54) is 19.3 Å². The minimum absolute atomic E-state index is 0.0848. The van der Waals surface area contributed by atoms with E-state index in [4.69, 9.17) is 24.8 Å². The minimum atomic E-state index is -4.80. The summed E-state index contributed by atoms with van der Waals surface area (Å²) >= 11 is 0. The number of carboxylic acid groups (broad SMARTS) is 1. The number of esters is 2. The van der Waals surface area contributed by atoms with Gasteiger partial charge in [0, 0.05) is 18.8 Å². The van der Waals surface area contributed by atoms with E-state index in [1.54, 1.807) is 24.3 Å². The molecule has 8 atom stereocenters. The average molecular weight is 858 g/mol. The first-order chi connectivity index (χ1) is 28.3. The second-order valence-corrected chi connectivity index (χ2v) is 16.9. The van der Waals surface area contributed by atoms with Crippen molar-refractivity contribution in [1.29, 1.82) is 0 Å². The molecule has 1 aliphatic carbocycles. The molecule has 1 rings (SSSR count). The fraction of sp³-hybridized carbons (Fsp3) is 0.750. The Labute approximate surface area is 352 Å². The number of unbranched alkanes of at least 4 members (excludes halogenated alkanes) is 12. The van der Waals surface area contributed by atoms with Gasteiger partial charge in [0.25, 0.3) is 0 Å². The summed E-state index contributed by atoms with van der Waals surface area (Å²) in [4.78, 5) is 46.2. The number of carbonyl (C=O) groups excluding carboxylic acids is 2. The van der Waals surface area contributed by atoms with Crippen LogP contribution in [0, 0.1) is 11.8 Å². The second-order valence-electron chi connectivity index (χ2n) is 15.5. The highest BCUT2D eigenvalue weighted by Gasteiger charge is 2.39. The fourth-order valence-electron chi connectivity index (χ4n) is 6.60. The number of ether oxygens (including phenoxy) is 2. The monoisotopic (exact) mass is 858 g/mol. The molecule has 0 heterocycles. The van der Waals surface area contributed by atoms with Crippen molar-refractivity contribution >= 4 is 25.7 Å². The zero-order chi connectivity index (χ0) is 43.7. The van der Waals surface area contributed by atoms with E-state index in [1.807, 2.05) is 0 Å². The molecule has 340 valence electrons. The van der Waals surface area contributed by atoms with Gasteiger partial charge in [-0.3, -0.25) is 23.4 Å². The van der Waals surface area contributed by atoms with Crippen molar-refractivity contribution in [2.45, 2.75) is 179 Å². The van der Waals surface area contributed by atoms with Crippen molar-refractivity contribution in [3.05, 3.63) is 48.6 Å². The number of aliphatic carboxylic acids is 1. The van der Waals surface area contributed by atoms with Crippen LogP contribution in [-0.4, -0.2) is 93.5 Å². The molecule has 0 saturated heterocycles. The second kappa shape index (κ2) is 34.0. The Morgan fingerprint density at radius 1 is 0.763 bits per heavy atom. The van der Waals surface area contributed by atoms with Crippen LogP contribution in [-0.2, 0) is 37.5 Å². The van der Waals surface area contributed by atoms with Crippen LogP contribution in [0.3, 0.4) is 0 Å². The van der Waals surface area contributed by atoms with Crippen LogP contribution in [0.5, 0.6) is 0 Å². The van der Waals surface area contributed by atoms with Crippen molar-refractivity contribution in [3.63, 3.8) is 0 Å². The zero-order valence-electron chi connectivity index (χ0n) is 35.7. The lowest BCUT2D eigenvalue weighted by Gasteiger charge is -2.20. The molecule has 1 fully saturated rings. The number of aliphatic hydroxyl groups excluding tert-OH is 3. The van der Waals surface area contributed by atoms with Gasteiger partial charge in [-0.15, -0.1) is 0 Å². The zero-order valence-corrected chi connectivity index (χ0v) is 36.6. The van der Waals surface area contributed by atoms with Crippen LogP contribution < -0.4 is 5.73 Å². The van der Waals surface area contributed by atoms with Gasteiger partial charge in [-0.1, -0.05) is 127 Å². The molecule has 59 heavy (non-hydrogen) atoms. The maximum absolute atomic E-state index is 12.7. The largest absolute Gasteiger partial charge is 0.480 e. The summed E-state index contributed by atoms with van der Waals surface area (Å²) in [7, 11) is -4.80. The summed E-state index contributed by atoms with van der Waals surface area (Å²) in [6, 6.07) is -1.57. The van der Waals surface area contributed by atoms with Crippen molar-refractivity contribution in [1.82, 2.24) is 0 Å². The van der Waals surface area contributed by atoms with Gasteiger partial charge >= 0.3 is 25.7 Å². The van der Waals surface area contributed by atoms with Crippen molar-refractivity contribution < 1.29 is 62.8 Å². The first kappa shape index (κ1) is 54.3. The normalized spacial score (nSPS) is 21.1. The number of nitrogens with two attached hydrogens (primary N) is 1. The van der Waals surface area contributed by atoms with Crippen LogP contribution in [0.25, 0.3) is 0 Å². The van der Waals surface area contributed by atoms with Crippen molar-refractivity contribution in [2.75, 3.05) is 19.8 Å². The number of rotatable bonds is 36. The van der Waals surface area contributed by atoms with Crippen LogP contribution in [0.15, 0.2) is 48.6 Å². The third-order valence-corrected chi connectivity index (χ3v) is 11.1. The van der Waals surface area contributed by atoms with Gasteiger partial charge < -0.3 is 40.5 Å². The van der Waals surface area contributed by atoms with Crippen LogP contribution in [0.4, 0.5) is 0 Å². The highest BCUT2D eigenvalue weighted by Crippen LogP contribution is 2.43. The first-order valence-corrected chi connectivity index (χ1v) is 23.4. The van der Waals surface area contributed by atoms with Gasteiger partial charge in [-0.25, -0.2) is 4.57 Å². The molecule has 0 radical (unpaired) electrons. The number of phosphoric ester groups is 1. The van der Waals surface area contributed by atoms with E-state index in [0.717, 1.165) is 77.0 Å². The molecular weight excluding hydrogens is 781 g/mol. The Bertz CT molecular complexity index is 1310. The lowest BCUT2D eigenvalue weighted by Crippen LogP contribution is -2.34. The van der Waals surface area contributed by atoms with Crippen LogP contribution in [0.1, 0.15) is 149 Å². The highest BCUT2D eigenvalue weighted by molar-refractivity contribution is 7.47. The minimum Gasteiger partial charge on any atom is -0.480 e. The Kier molecular flexibility index (Phi) is 31.3. The summed E-state index contributed by atoms with van der Waals surface area (Å²) in [6.45, 7) is 2.32. The lowest BCUT2D eigenvalue weighted by molar-refractivity contribution is -0.160. The topological polar surface area (TPSA) is 232 Å². The predicted octanol–water partition coefficient (Wildman–Crippen LogP) is 7.77. The molecule has 14 nitrogen and oxygen atoms in total. The smallest absolute Gasteiger partial charge is 0.472 e. The molecule has 1 unspecified atom stereocenters.